The van der Waals surface area contributed by atoms with Crippen LogP contribution in [0.15, 0.2) is 6.07 Å². The monoisotopic (exact) mass is 257 g/mol. The molecule has 0 atom stereocenters. The van der Waals surface area contributed by atoms with Gasteiger partial charge in [-0.1, -0.05) is 13.3 Å². The van der Waals surface area contributed by atoms with Crippen LogP contribution in [0.2, 0.25) is 0 Å². The van der Waals surface area contributed by atoms with E-state index in [0.717, 1.165) is 38.4 Å². The Hall–Kier alpha value is -0.540. The molecule has 0 radical (unpaired) electrons. The summed E-state index contributed by atoms with van der Waals surface area (Å²) in [6, 6.07) is 2.20. The lowest BCUT2D eigenvalue weighted by atomic mass is 10.2. The first-order chi connectivity index (χ1) is 8.31. The number of aryl methyl sites for hydroxylation is 2. The smallest absolute Gasteiger partial charge is 0.0625 e. The molecule has 1 aromatic heterocycles. The van der Waals surface area contributed by atoms with Crippen LogP contribution in [0.5, 0.6) is 0 Å². The van der Waals surface area contributed by atoms with Gasteiger partial charge in [0.15, 0.2) is 0 Å². The molecule has 98 valence electrons. The highest BCUT2D eigenvalue weighted by Crippen LogP contribution is 2.05. The molecule has 1 rings (SSSR count). The molecule has 0 fully saturated rings. The molecule has 17 heavy (non-hydrogen) atoms. The van der Waals surface area contributed by atoms with E-state index in [0.29, 0.717) is 0 Å². The van der Waals surface area contributed by atoms with E-state index in [9.17, 15) is 0 Å². The second-order valence-corrected chi connectivity index (χ2v) is 4.60. The number of nitrogens with zero attached hydrogens (tertiary/aromatic N) is 2. The van der Waals surface area contributed by atoms with Crippen LogP contribution in [0.4, 0.5) is 0 Å². The summed E-state index contributed by atoms with van der Waals surface area (Å²) in [5, 5.41) is 8.00. The first-order valence-electron chi connectivity index (χ1n) is 6.64. The molecule has 0 saturated carbocycles. The quantitative estimate of drug-likeness (QED) is 0.545. The predicted octanol–water partition coefficient (Wildman–Crippen LogP) is 2.96. The minimum atomic E-state index is 0.780. The summed E-state index contributed by atoms with van der Waals surface area (Å²) in [5.74, 6) is 0.780. The second-order valence-electron chi connectivity index (χ2n) is 4.22. The molecule has 0 aromatic carbocycles. The zero-order chi connectivity index (χ0) is 12.5. The zero-order valence-corrected chi connectivity index (χ0v) is 11.8. The third kappa shape index (κ3) is 5.09. The van der Waals surface area contributed by atoms with Gasteiger partial charge in [-0.2, -0.15) is 5.10 Å². The first-order valence-corrected chi connectivity index (χ1v) is 7.17. The van der Waals surface area contributed by atoms with E-state index in [4.69, 9.17) is 11.6 Å². The number of rotatable bonds is 9. The molecule has 0 unspecified atom stereocenters. The fourth-order valence-electron chi connectivity index (χ4n) is 1.84. The third-order valence-corrected chi connectivity index (χ3v) is 3.14. The second kappa shape index (κ2) is 8.54. The fraction of sp³-hybridized carbons (Fsp3) is 0.769. The van der Waals surface area contributed by atoms with Gasteiger partial charge >= 0.3 is 0 Å². The van der Waals surface area contributed by atoms with Gasteiger partial charge in [0.1, 0.15) is 0 Å². The lowest BCUT2D eigenvalue weighted by Crippen LogP contribution is -2.17. The summed E-state index contributed by atoms with van der Waals surface area (Å²) in [6.45, 7) is 7.21. The van der Waals surface area contributed by atoms with Crippen LogP contribution in [0.3, 0.4) is 0 Å². The van der Waals surface area contributed by atoms with Crippen LogP contribution in [-0.4, -0.2) is 22.2 Å². The molecule has 0 bridgehead atoms. The Bertz CT molecular complexity index is 310. The lowest BCUT2D eigenvalue weighted by molar-refractivity contribution is 0.562. The van der Waals surface area contributed by atoms with Crippen LogP contribution < -0.4 is 5.32 Å². The van der Waals surface area contributed by atoms with Crippen LogP contribution in [0.25, 0.3) is 0 Å². The van der Waals surface area contributed by atoms with Gasteiger partial charge in [0, 0.05) is 19.0 Å². The van der Waals surface area contributed by atoms with Crippen molar-refractivity contribution in [3.63, 3.8) is 0 Å². The molecule has 3 nitrogen and oxygen atoms in total. The van der Waals surface area contributed by atoms with Gasteiger partial charge in [0.2, 0.25) is 0 Å². The predicted molar refractivity (Wildman–Crippen MR) is 73.6 cm³/mol. The van der Waals surface area contributed by atoms with E-state index in [1.807, 2.05) is 0 Å². The van der Waals surface area contributed by atoms with Crippen LogP contribution in [-0.2, 0) is 19.5 Å². The standard InChI is InChI=1S/C13H24ClN3/c1-3-12-10-13(17(4-2)16-12)11-15-9-7-5-6-8-14/h10,15H,3-9,11H2,1-2H3. The highest BCUT2D eigenvalue weighted by molar-refractivity contribution is 6.17. The van der Waals surface area contributed by atoms with Gasteiger partial charge in [-0.3, -0.25) is 4.68 Å². The van der Waals surface area contributed by atoms with E-state index in [-0.39, 0.29) is 0 Å². The Kier molecular flexibility index (Phi) is 7.29. The Morgan fingerprint density at radius 1 is 1.29 bits per heavy atom. The van der Waals surface area contributed by atoms with Crippen molar-refractivity contribution in [2.45, 2.75) is 52.6 Å². The van der Waals surface area contributed by atoms with Crippen molar-refractivity contribution in [2.75, 3.05) is 12.4 Å². The topological polar surface area (TPSA) is 29.9 Å². The van der Waals surface area contributed by atoms with Gasteiger partial charge in [-0.25, -0.2) is 0 Å². The fourth-order valence-corrected chi connectivity index (χ4v) is 2.03. The molecule has 0 aliphatic heterocycles. The summed E-state index contributed by atoms with van der Waals surface area (Å²) in [4.78, 5) is 0. The number of aromatic nitrogens is 2. The number of unbranched alkanes of at least 4 members (excludes halogenated alkanes) is 2. The molecule has 0 amide bonds. The molecular weight excluding hydrogens is 234 g/mol. The Balaban J connectivity index is 2.28. The average Bonchev–Trinajstić information content (AvgIpc) is 2.76. The summed E-state index contributed by atoms with van der Waals surface area (Å²) in [7, 11) is 0. The van der Waals surface area contributed by atoms with Crippen molar-refractivity contribution >= 4 is 11.6 Å². The van der Waals surface area contributed by atoms with Gasteiger partial charge in [-0.15, -0.1) is 11.6 Å². The number of halogens is 1. The van der Waals surface area contributed by atoms with Crippen molar-refractivity contribution in [1.82, 2.24) is 15.1 Å². The molecule has 1 aromatic rings. The third-order valence-electron chi connectivity index (χ3n) is 2.87. The number of alkyl halides is 1. The van der Waals surface area contributed by atoms with Crippen LogP contribution in [0.1, 0.15) is 44.5 Å². The summed E-state index contributed by atoms with van der Waals surface area (Å²) in [6.07, 6.45) is 4.54. The molecular formula is C13H24ClN3. The summed E-state index contributed by atoms with van der Waals surface area (Å²) < 4.78 is 2.09. The highest BCUT2D eigenvalue weighted by atomic mass is 35.5. The van der Waals surface area contributed by atoms with Crippen molar-refractivity contribution in [3.8, 4) is 0 Å². The van der Waals surface area contributed by atoms with Crippen LogP contribution >= 0.6 is 11.6 Å². The van der Waals surface area contributed by atoms with E-state index in [1.54, 1.807) is 0 Å². The van der Waals surface area contributed by atoms with Crippen molar-refractivity contribution in [1.29, 1.82) is 0 Å². The SMILES string of the molecule is CCc1cc(CNCCCCCCl)n(CC)n1. The average molecular weight is 258 g/mol. The maximum absolute atomic E-state index is 5.64. The molecule has 1 heterocycles. The molecule has 0 saturated heterocycles. The van der Waals surface area contributed by atoms with Crippen molar-refractivity contribution in [2.24, 2.45) is 0 Å². The number of hydrogen-bond donors (Lipinski definition) is 1. The van der Waals surface area contributed by atoms with Crippen molar-refractivity contribution in [3.05, 3.63) is 17.5 Å². The normalized spacial score (nSPS) is 11.0. The van der Waals surface area contributed by atoms with Crippen LogP contribution in [0, 0.1) is 0 Å². The number of hydrogen-bond acceptors (Lipinski definition) is 2. The van der Waals surface area contributed by atoms with Gasteiger partial charge in [0.25, 0.3) is 0 Å². The first kappa shape index (κ1) is 14.5. The largest absolute Gasteiger partial charge is 0.311 e. The highest BCUT2D eigenvalue weighted by Gasteiger charge is 2.04. The lowest BCUT2D eigenvalue weighted by Gasteiger charge is -2.06. The molecule has 0 spiro atoms. The molecule has 0 aliphatic carbocycles. The maximum Gasteiger partial charge on any atom is 0.0625 e. The Morgan fingerprint density at radius 3 is 2.76 bits per heavy atom. The molecule has 4 heteroatoms. The van der Waals surface area contributed by atoms with Gasteiger partial charge < -0.3 is 5.32 Å². The number of nitrogens with one attached hydrogen (secondary N) is 1. The zero-order valence-electron chi connectivity index (χ0n) is 11.0. The maximum atomic E-state index is 5.64. The minimum absolute atomic E-state index is 0.780. The summed E-state index contributed by atoms with van der Waals surface area (Å²) >= 11 is 5.64. The Labute approximate surface area is 110 Å². The van der Waals surface area contributed by atoms with E-state index in [2.05, 4.69) is 35.0 Å². The van der Waals surface area contributed by atoms with Gasteiger partial charge in [0.05, 0.1) is 11.4 Å². The van der Waals surface area contributed by atoms with E-state index < -0.39 is 0 Å². The summed E-state index contributed by atoms with van der Waals surface area (Å²) in [5.41, 5.74) is 2.48. The molecule has 1 N–H and O–H groups in total. The molecule has 0 aliphatic rings. The van der Waals surface area contributed by atoms with E-state index >= 15 is 0 Å². The van der Waals surface area contributed by atoms with Crippen molar-refractivity contribution < 1.29 is 0 Å². The van der Waals surface area contributed by atoms with E-state index in [1.165, 1.54) is 24.2 Å². The minimum Gasteiger partial charge on any atom is -0.311 e. The van der Waals surface area contributed by atoms with Gasteiger partial charge in [-0.05, 0) is 38.8 Å². The Morgan fingerprint density at radius 2 is 2.12 bits per heavy atom.